The summed E-state index contributed by atoms with van der Waals surface area (Å²) in [7, 11) is 3.55. The van der Waals surface area contributed by atoms with Crippen molar-refractivity contribution in [3.05, 3.63) is 59.6 Å². The zero-order valence-electron chi connectivity index (χ0n) is 12.4. The van der Waals surface area contributed by atoms with E-state index in [9.17, 15) is 0 Å². The molecule has 0 spiro atoms. The minimum Gasteiger partial charge on any atom is -0.495 e. The van der Waals surface area contributed by atoms with Gasteiger partial charge in [0.1, 0.15) is 17.1 Å². The first-order valence-electron chi connectivity index (χ1n) is 6.88. The molecule has 21 heavy (non-hydrogen) atoms. The Morgan fingerprint density at radius 3 is 2.86 bits per heavy atom. The first kappa shape index (κ1) is 13.6. The summed E-state index contributed by atoms with van der Waals surface area (Å²) < 4.78 is 11.4. The van der Waals surface area contributed by atoms with Crippen LogP contribution in [0.3, 0.4) is 0 Å². The molecule has 1 unspecified atom stereocenters. The number of benzene rings is 1. The van der Waals surface area contributed by atoms with E-state index < -0.39 is 0 Å². The van der Waals surface area contributed by atoms with E-state index in [0.717, 1.165) is 28.0 Å². The van der Waals surface area contributed by atoms with Crippen molar-refractivity contribution in [2.24, 2.45) is 0 Å². The summed E-state index contributed by atoms with van der Waals surface area (Å²) in [6.07, 6.45) is 3.47. The molecule has 0 aliphatic rings. The van der Waals surface area contributed by atoms with Gasteiger partial charge in [-0.1, -0.05) is 11.6 Å². The Hall–Kier alpha value is -2.33. The van der Waals surface area contributed by atoms with E-state index in [2.05, 4.69) is 35.4 Å². The minimum absolute atomic E-state index is 0.0735. The van der Waals surface area contributed by atoms with Crippen molar-refractivity contribution in [1.82, 2.24) is 10.3 Å². The van der Waals surface area contributed by atoms with Crippen LogP contribution in [0, 0.1) is 6.92 Å². The van der Waals surface area contributed by atoms with Crippen LogP contribution in [-0.2, 0) is 0 Å². The van der Waals surface area contributed by atoms with Gasteiger partial charge in [0.15, 0.2) is 0 Å². The molecule has 4 nitrogen and oxygen atoms in total. The van der Waals surface area contributed by atoms with Gasteiger partial charge < -0.3 is 14.5 Å². The summed E-state index contributed by atoms with van der Waals surface area (Å²) in [6, 6.07) is 10.1. The van der Waals surface area contributed by atoms with Crippen LogP contribution < -0.4 is 10.1 Å². The SMILES string of the molecule is CNC(c1cc2cc(C)ccc2o1)c1ccncc1OC. The highest BCUT2D eigenvalue weighted by molar-refractivity contribution is 5.79. The van der Waals surface area contributed by atoms with E-state index in [0.29, 0.717) is 0 Å². The molecule has 2 heterocycles. The third kappa shape index (κ3) is 2.50. The Kier molecular flexibility index (Phi) is 3.62. The van der Waals surface area contributed by atoms with E-state index in [1.165, 1.54) is 5.56 Å². The zero-order chi connectivity index (χ0) is 14.8. The standard InChI is InChI=1S/C17H18N2O2/c1-11-4-5-14-12(8-11)9-15(21-14)17(18-2)13-6-7-19-10-16(13)20-3/h4-10,17-18H,1-3H3. The molecule has 0 saturated carbocycles. The molecular weight excluding hydrogens is 264 g/mol. The summed E-state index contributed by atoms with van der Waals surface area (Å²) in [5.41, 5.74) is 3.12. The number of methoxy groups -OCH3 is 1. The van der Waals surface area contributed by atoms with Gasteiger partial charge in [-0.3, -0.25) is 4.98 Å². The molecule has 0 bridgehead atoms. The van der Waals surface area contributed by atoms with Gasteiger partial charge in [-0.25, -0.2) is 0 Å². The number of furan rings is 1. The summed E-state index contributed by atoms with van der Waals surface area (Å²) in [5, 5.41) is 4.39. The largest absolute Gasteiger partial charge is 0.495 e. The molecule has 0 radical (unpaired) electrons. The Bertz CT molecular complexity index is 764. The lowest BCUT2D eigenvalue weighted by Crippen LogP contribution is -2.17. The van der Waals surface area contributed by atoms with Gasteiger partial charge >= 0.3 is 0 Å². The third-order valence-electron chi connectivity index (χ3n) is 3.61. The van der Waals surface area contributed by atoms with Crippen molar-refractivity contribution in [3.63, 3.8) is 0 Å². The van der Waals surface area contributed by atoms with Crippen molar-refractivity contribution in [2.75, 3.05) is 14.2 Å². The first-order valence-corrected chi connectivity index (χ1v) is 6.88. The topological polar surface area (TPSA) is 47.3 Å². The van der Waals surface area contributed by atoms with Crippen LogP contribution in [0.4, 0.5) is 0 Å². The lowest BCUT2D eigenvalue weighted by atomic mass is 10.0. The fourth-order valence-electron chi connectivity index (χ4n) is 2.58. The molecule has 0 saturated heterocycles. The van der Waals surface area contributed by atoms with Gasteiger partial charge in [-0.05, 0) is 38.2 Å². The average molecular weight is 282 g/mol. The van der Waals surface area contributed by atoms with E-state index in [1.54, 1.807) is 19.5 Å². The number of aryl methyl sites for hydroxylation is 1. The normalized spacial score (nSPS) is 12.5. The van der Waals surface area contributed by atoms with Crippen LogP contribution in [0.1, 0.15) is 22.9 Å². The van der Waals surface area contributed by atoms with Gasteiger partial charge in [0.25, 0.3) is 0 Å². The second-order valence-corrected chi connectivity index (χ2v) is 5.03. The second kappa shape index (κ2) is 5.58. The first-order chi connectivity index (χ1) is 10.2. The number of fused-ring (bicyclic) bond motifs is 1. The Labute approximate surface area is 123 Å². The molecule has 4 heteroatoms. The monoisotopic (exact) mass is 282 g/mol. The van der Waals surface area contributed by atoms with Crippen LogP contribution in [0.5, 0.6) is 5.75 Å². The third-order valence-corrected chi connectivity index (χ3v) is 3.61. The zero-order valence-corrected chi connectivity index (χ0v) is 12.4. The van der Waals surface area contributed by atoms with Crippen molar-refractivity contribution >= 4 is 11.0 Å². The van der Waals surface area contributed by atoms with Crippen molar-refractivity contribution in [2.45, 2.75) is 13.0 Å². The Balaban J connectivity index is 2.09. The van der Waals surface area contributed by atoms with Gasteiger partial charge in [-0.2, -0.15) is 0 Å². The molecule has 2 aromatic heterocycles. The van der Waals surface area contributed by atoms with E-state index >= 15 is 0 Å². The fraction of sp³-hybridized carbons (Fsp3) is 0.235. The molecule has 3 rings (SSSR count). The van der Waals surface area contributed by atoms with Crippen LogP contribution in [0.2, 0.25) is 0 Å². The maximum atomic E-state index is 5.99. The van der Waals surface area contributed by atoms with Gasteiger partial charge in [-0.15, -0.1) is 0 Å². The molecule has 108 valence electrons. The van der Waals surface area contributed by atoms with Crippen LogP contribution in [0.15, 0.2) is 47.1 Å². The number of nitrogens with zero attached hydrogens (tertiary/aromatic N) is 1. The highest BCUT2D eigenvalue weighted by Gasteiger charge is 2.20. The maximum absolute atomic E-state index is 5.99. The molecule has 0 amide bonds. The minimum atomic E-state index is -0.0735. The lowest BCUT2D eigenvalue weighted by molar-refractivity contribution is 0.397. The van der Waals surface area contributed by atoms with Crippen molar-refractivity contribution < 1.29 is 9.15 Å². The number of rotatable bonds is 4. The summed E-state index contributed by atoms with van der Waals surface area (Å²) in [5.74, 6) is 1.61. The summed E-state index contributed by atoms with van der Waals surface area (Å²) in [6.45, 7) is 2.08. The summed E-state index contributed by atoms with van der Waals surface area (Å²) in [4.78, 5) is 4.10. The molecule has 1 N–H and O–H groups in total. The van der Waals surface area contributed by atoms with Crippen LogP contribution >= 0.6 is 0 Å². The molecule has 3 aromatic rings. The van der Waals surface area contributed by atoms with Crippen LogP contribution in [0.25, 0.3) is 11.0 Å². The van der Waals surface area contributed by atoms with E-state index in [1.807, 2.05) is 19.2 Å². The summed E-state index contributed by atoms with van der Waals surface area (Å²) >= 11 is 0. The predicted molar refractivity (Wildman–Crippen MR) is 82.6 cm³/mol. The van der Waals surface area contributed by atoms with Crippen molar-refractivity contribution in [1.29, 1.82) is 0 Å². The number of pyridine rings is 1. The predicted octanol–water partition coefficient (Wildman–Crippen LogP) is 3.45. The molecule has 0 aliphatic heterocycles. The van der Waals surface area contributed by atoms with Crippen LogP contribution in [-0.4, -0.2) is 19.1 Å². The number of ether oxygens (including phenoxy) is 1. The fourth-order valence-corrected chi connectivity index (χ4v) is 2.58. The molecule has 1 aromatic carbocycles. The Morgan fingerprint density at radius 2 is 2.10 bits per heavy atom. The van der Waals surface area contributed by atoms with Crippen molar-refractivity contribution in [3.8, 4) is 5.75 Å². The number of aromatic nitrogens is 1. The average Bonchev–Trinajstić information content (AvgIpc) is 2.91. The maximum Gasteiger partial charge on any atom is 0.142 e. The quantitative estimate of drug-likeness (QED) is 0.796. The molecule has 1 atom stereocenters. The van der Waals surface area contributed by atoms with Gasteiger partial charge in [0, 0.05) is 17.1 Å². The van der Waals surface area contributed by atoms with Gasteiger partial charge in [0.2, 0.25) is 0 Å². The van der Waals surface area contributed by atoms with E-state index in [-0.39, 0.29) is 6.04 Å². The second-order valence-electron chi connectivity index (χ2n) is 5.03. The number of hydrogen-bond acceptors (Lipinski definition) is 4. The molecule has 0 aliphatic carbocycles. The molecular formula is C17H18N2O2. The van der Waals surface area contributed by atoms with E-state index in [4.69, 9.17) is 9.15 Å². The number of hydrogen-bond donors (Lipinski definition) is 1. The smallest absolute Gasteiger partial charge is 0.142 e. The lowest BCUT2D eigenvalue weighted by Gasteiger charge is -2.16. The highest BCUT2D eigenvalue weighted by Crippen LogP contribution is 2.32. The Morgan fingerprint density at radius 1 is 1.24 bits per heavy atom. The molecule has 0 fully saturated rings. The van der Waals surface area contributed by atoms with Gasteiger partial charge in [0.05, 0.1) is 19.3 Å². The highest BCUT2D eigenvalue weighted by atomic mass is 16.5. The number of nitrogens with one attached hydrogen (secondary N) is 1.